The summed E-state index contributed by atoms with van der Waals surface area (Å²) < 4.78 is 0. The fourth-order valence-corrected chi connectivity index (χ4v) is 3.29. The van der Waals surface area contributed by atoms with E-state index < -0.39 is 0 Å². The zero-order valence-corrected chi connectivity index (χ0v) is 10.7. The van der Waals surface area contributed by atoms with Crippen LogP contribution in [0.25, 0.3) is 0 Å². The van der Waals surface area contributed by atoms with E-state index in [4.69, 9.17) is 0 Å². The quantitative estimate of drug-likeness (QED) is 0.840. The molecule has 0 aliphatic carbocycles. The number of rotatable bonds is 2. The molecule has 0 bridgehead atoms. The minimum absolute atomic E-state index is 0.624. The molecular weight excluding hydrogens is 208 g/mol. The normalized spacial score (nSPS) is 25.7. The number of para-hydroxylation sites is 1. The molecule has 1 N–H and O–H groups in total. The highest BCUT2D eigenvalue weighted by Gasteiger charge is 2.28. The molecule has 1 fully saturated rings. The SMILES string of the molecule is CC(C1CCCCN1)N1CCc2ccccc21. The summed E-state index contributed by atoms with van der Waals surface area (Å²) in [5.41, 5.74) is 2.99. The Kier molecular flexibility index (Phi) is 3.06. The van der Waals surface area contributed by atoms with Crippen molar-refractivity contribution in [1.82, 2.24) is 5.32 Å². The number of fused-ring (bicyclic) bond motifs is 1. The minimum Gasteiger partial charge on any atom is -0.367 e. The van der Waals surface area contributed by atoms with Gasteiger partial charge in [0.15, 0.2) is 0 Å². The minimum atomic E-state index is 0.624. The van der Waals surface area contributed by atoms with Crippen LogP contribution in [-0.4, -0.2) is 25.2 Å². The van der Waals surface area contributed by atoms with Crippen molar-refractivity contribution < 1.29 is 0 Å². The van der Waals surface area contributed by atoms with Crippen LogP contribution < -0.4 is 10.2 Å². The molecule has 0 aromatic heterocycles. The maximum Gasteiger partial charge on any atom is 0.0415 e. The molecule has 92 valence electrons. The van der Waals surface area contributed by atoms with Crippen molar-refractivity contribution in [2.24, 2.45) is 0 Å². The fraction of sp³-hybridized carbons (Fsp3) is 0.600. The first-order valence-electron chi connectivity index (χ1n) is 6.94. The van der Waals surface area contributed by atoms with Gasteiger partial charge in [0.2, 0.25) is 0 Å². The van der Waals surface area contributed by atoms with Crippen molar-refractivity contribution in [2.75, 3.05) is 18.0 Å². The van der Waals surface area contributed by atoms with E-state index >= 15 is 0 Å². The molecule has 2 unspecified atom stereocenters. The van der Waals surface area contributed by atoms with E-state index in [1.165, 1.54) is 50.0 Å². The van der Waals surface area contributed by atoms with Gasteiger partial charge in [-0.2, -0.15) is 0 Å². The molecule has 1 aromatic rings. The molecule has 1 aromatic carbocycles. The van der Waals surface area contributed by atoms with Crippen molar-refractivity contribution in [3.8, 4) is 0 Å². The van der Waals surface area contributed by atoms with Gasteiger partial charge in [0.05, 0.1) is 0 Å². The Hall–Kier alpha value is -1.02. The van der Waals surface area contributed by atoms with E-state index in [0.29, 0.717) is 12.1 Å². The van der Waals surface area contributed by atoms with Crippen LogP contribution in [0.1, 0.15) is 31.7 Å². The lowest BCUT2D eigenvalue weighted by Gasteiger charge is -2.36. The van der Waals surface area contributed by atoms with Gasteiger partial charge < -0.3 is 10.2 Å². The molecule has 2 heterocycles. The van der Waals surface area contributed by atoms with Crippen LogP contribution in [0.15, 0.2) is 24.3 Å². The third kappa shape index (κ3) is 2.06. The largest absolute Gasteiger partial charge is 0.367 e. The summed E-state index contributed by atoms with van der Waals surface area (Å²) in [6.07, 6.45) is 5.28. The number of piperidine rings is 1. The number of hydrogen-bond donors (Lipinski definition) is 1. The van der Waals surface area contributed by atoms with Crippen LogP contribution in [0.4, 0.5) is 5.69 Å². The molecule has 0 amide bonds. The van der Waals surface area contributed by atoms with Gasteiger partial charge in [0.25, 0.3) is 0 Å². The van der Waals surface area contributed by atoms with Crippen molar-refractivity contribution >= 4 is 5.69 Å². The monoisotopic (exact) mass is 230 g/mol. The topological polar surface area (TPSA) is 15.3 Å². The van der Waals surface area contributed by atoms with Gasteiger partial charge in [-0.05, 0) is 44.4 Å². The molecule has 0 spiro atoms. The van der Waals surface area contributed by atoms with Gasteiger partial charge in [0.1, 0.15) is 0 Å². The molecule has 2 nitrogen and oxygen atoms in total. The Morgan fingerprint density at radius 3 is 3.00 bits per heavy atom. The van der Waals surface area contributed by atoms with Crippen LogP contribution in [0.5, 0.6) is 0 Å². The molecular formula is C15H22N2. The smallest absolute Gasteiger partial charge is 0.0415 e. The van der Waals surface area contributed by atoms with E-state index in [-0.39, 0.29) is 0 Å². The predicted octanol–water partition coefficient (Wildman–Crippen LogP) is 2.58. The molecule has 2 aliphatic heterocycles. The van der Waals surface area contributed by atoms with E-state index in [0.717, 1.165) is 0 Å². The Labute approximate surface area is 104 Å². The van der Waals surface area contributed by atoms with Gasteiger partial charge in [0, 0.05) is 24.3 Å². The summed E-state index contributed by atoms with van der Waals surface area (Å²) in [5, 5.41) is 3.68. The summed E-state index contributed by atoms with van der Waals surface area (Å²) in [6, 6.07) is 10.2. The Morgan fingerprint density at radius 1 is 1.29 bits per heavy atom. The van der Waals surface area contributed by atoms with Crippen LogP contribution in [0, 0.1) is 0 Å². The average Bonchev–Trinajstić information content (AvgIpc) is 2.83. The highest BCUT2D eigenvalue weighted by molar-refractivity contribution is 5.58. The van der Waals surface area contributed by atoms with E-state index in [1.807, 2.05) is 0 Å². The lowest BCUT2D eigenvalue weighted by molar-refractivity contribution is 0.351. The first-order valence-corrected chi connectivity index (χ1v) is 6.94. The maximum absolute atomic E-state index is 3.68. The Balaban J connectivity index is 1.76. The van der Waals surface area contributed by atoms with Crippen LogP contribution in [0.2, 0.25) is 0 Å². The number of anilines is 1. The number of hydrogen-bond acceptors (Lipinski definition) is 2. The van der Waals surface area contributed by atoms with Crippen LogP contribution in [-0.2, 0) is 6.42 Å². The second-order valence-corrected chi connectivity index (χ2v) is 5.37. The number of nitrogens with one attached hydrogen (secondary N) is 1. The lowest BCUT2D eigenvalue weighted by atomic mass is 9.98. The van der Waals surface area contributed by atoms with E-state index in [1.54, 1.807) is 0 Å². The van der Waals surface area contributed by atoms with Crippen molar-refractivity contribution in [2.45, 2.75) is 44.7 Å². The van der Waals surface area contributed by atoms with E-state index in [2.05, 4.69) is 41.4 Å². The van der Waals surface area contributed by atoms with Crippen molar-refractivity contribution in [3.63, 3.8) is 0 Å². The molecule has 3 rings (SSSR count). The molecule has 1 saturated heterocycles. The van der Waals surface area contributed by atoms with Gasteiger partial charge in [-0.25, -0.2) is 0 Å². The molecule has 17 heavy (non-hydrogen) atoms. The average molecular weight is 230 g/mol. The maximum atomic E-state index is 3.68. The molecule has 0 saturated carbocycles. The van der Waals surface area contributed by atoms with Crippen LogP contribution in [0.3, 0.4) is 0 Å². The first-order chi connectivity index (χ1) is 8.36. The summed E-state index contributed by atoms with van der Waals surface area (Å²) in [6.45, 7) is 4.77. The van der Waals surface area contributed by atoms with Gasteiger partial charge in [-0.15, -0.1) is 0 Å². The van der Waals surface area contributed by atoms with E-state index in [9.17, 15) is 0 Å². The Bertz CT molecular complexity index is 382. The molecule has 2 heteroatoms. The van der Waals surface area contributed by atoms with Crippen molar-refractivity contribution in [3.05, 3.63) is 29.8 Å². The summed E-state index contributed by atoms with van der Waals surface area (Å²) in [4.78, 5) is 2.60. The standard InChI is InChI=1S/C15H22N2/c1-12(14-7-4-5-10-16-14)17-11-9-13-6-2-3-8-15(13)17/h2-3,6,8,12,14,16H,4-5,7,9-11H2,1H3. The summed E-state index contributed by atoms with van der Waals surface area (Å²) in [5.74, 6) is 0. The summed E-state index contributed by atoms with van der Waals surface area (Å²) in [7, 11) is 0. The fourth-order valence-electron chi connectivity index (χ4n) is 3.29. The molecule has 2 aliphatic rings. The van der Waals surface area contributed by atoms with Crippen molar-refractivity contribution in [1.29, 1.82) is 0 Å². The summed E-state index contributed by atoms with van der Waals surface area (Å²) >= 11 is 0. The number of benzene rings is 1. The number of nitrogens with zero attached hydrogens (tertiary/aromatic N) is 1. The molecule has 2 atom stereocenters. The zero-order chi connectivity index (χ0) is 11.7. The zero-order valence-electron chi connectivity index (χ0n) is 10.7. The Morgan fingerprint density at radius 2 is 2.18 bits per heavy atom. The predicted molar refractivity (Wildman–Crippen MR) is 72.6 cm³/mol. The third-order valence-corrected chi connectivity index (χ3v) is 4.35. The highest BCUT2D eigenvalue weighted by Crippen LogP contribution is 2.31. The van der Waals surface area contributed by atoms with Gasteiger partial charge in [-0.3, -0.25) is 0 Å². The first kappa shape index (κ1) is 11.1. The lowest BCUT2D eigenvalue weighted by Crippen LogP contribution is -2.50. The second kappa shape index (κ2) is 4.69. The molecule has 0 radical (unpaired) electrons. The van der Waals surface area contributed by atoms with Gasteiger partial charge in [-0.1, -0.05) is 24.6 Å². The second-order valence-electron chi connectivity index (χ2n) is 5.37. The van der Waals surface area contributed by atoms with Gasteiger partial charge >= 0.3 is 0 Å². The highest BCUT2D eigenvalue weighted by atomic mass is 15.2. The third-order valence-electron chi connectivity index (χ3n) is 4.35. The van der Waals surface area contributed by atoms with Crippen LogP contribution >= 0.6 is 0 Å².